The van der Waals surface area contributed by atoms with E-state index in [2.05, 4.69) is 24.1 Å². The highest BCUT2D eigenvalue weighted by Crippen LogP contribution is 2.12. The second-order valence-corrected chi connectivity index (χ2v) is 5.56. The van der Waals surface area contributed by atoms with E-state index in [9.17, 15) is 0 Å². The monoisotopic (exact) mass is 272 g/mol. The van der Waals surface area contributed by atoms with Gasteiger partial charge in [0.05, 0.1) is 30.5 Å². The molecule has 1 atom stereocenters. The van der Waals surface area contributed by atoms with E-state index < -0.39 is 0 Å². The zero-order valence-electron chi connectivity index (χ0n) is 11.7. The van der Waals surface area contributed by atoms with Crippen LogP contribution in [0.1, 0.15) is 24.4 Å². The van der Waals surface area contributed by atoms with Crippen LogP contribution in [-0.4, -0.2) is 44.0 Å². The van der Waals surface area contributed by atoms with Crippen molar-refractivity contribution in [3.63, 3.8) is 0 Å². The topological polar surface area (TPSA) is 43.4 Å². The lowest BCUT2D eigenvalue weighted by atomic mass is 10.3. The van der Waals surface area contributed by atoms with E-state index in [1.54, 1.807) is 18.4 Å². The van der Waals surface area contributed by atoms with Gasteiger partial charge in [0, 0.05) is 31.0 Å². The molecule has 0 aromatic carbocycles. The molecule has 0 radical (unpaired) electrons. The van der Waals surface area contributed by atoms with Gasteiger partial charge in [0.1, 0.15) is 0 Å². The number of aryl methyl sites for hydroxylation is 1. The van der Waals surface area contributed by atoms with Crippen LogP contribution in [0.2, 0.25) is 0 Å². The van der Waals surface area contributed by atoms with Crippen LogP contribution in [-0.2, 0) is 15.9 Å². The van der Waals surface area contributed by atoms with Gasteiger partial charge in [-0.25, -0.2) is 4.98 Å². The summed E-state index contributed by atoms with van der Waals surface area (Å²) >= 11 is 1.69. The van der Waals surface area contributed by atoms with E-state index >= 15 is 0 Å². The summed E-state index contributed by atoms with van der Waals surface area (Å²) in [6.07, 6.45) is 1.05. The number of methoxy groups -OCH3 is 1. The first kappa shape index (κ1) is 15.6. The zero-order valence-corrected chi connectivity index (χ0v) is 12.5. The summed E-state index contributed by atoms with van der Waals surface area (Å²) in [6, 6.07) is 0.469. The normalized spacial score (nSPS) is 13.2. The fourth-order valence-electron chi connectivity index (χ4n) is 1.60. The zero-order chi connectivity index (χ0) is 13.4. The van der Waals surface area contributed by atoms with Crippen LogP contribution in [0.4, 0.5) is 0 Å². The number of nitrogens with one attached hydrogen (secondary N) is 1. The number of hydrogen-bond donors (Lipinski definition) is 1. The van der Waals surface area contributed by atoms with E-state index in [1.807, 2.05) is 12.4 Å². The molecule has 0 saturated heterocycles. The highest BCUT2D eigenvalue weighted by molar-refractivity contribution is 7.09. The minimum Gasteiger partial charge on any atom is -0.382 e. The molecular weight excluding hydrogens is 248 g/mol. The summed E-state index contributed by atoms with van der Waals surface area (Å²) in [5.41, 5.74) is 3.00. The molecule has 0 aliphatic carbocycles. The Morgan fingerprint density at radius 2 is 2.22 bits per heavy atom. The van der Waals surface area contributed by atoms with Crippen LogP contribution in [0.3, 0.4) is 0 Å². The molecule has 0 aliphatic rings. The molecule has 0 spiro atoms. The van der Waals surface area contributed by atoms with Crippen LogP contribution in [0.25, 0.3) is 0 Å². The molecule has 1 N–H and O–H groups in total. The summed E-state index contributed by atoms with van der Waals surface area (Å²) < 4.78 is 11.0. The Balaban J connectivity index is 2.26. The predicted molar refractivity (Wildman–Crippen MR) is 75.3 cm³/mol. The van der Waals surface area contributed by atoms with Crippen molar-refractivity contribution in [3.8, 4) is 0 Å². The maximum Gasteiger partial charge on any atom is 0.0932 e. The molecule has 5 heteroatoms. The molecular formula is C13H24N2O2S. The summed E-state index contributed by atoms with van der Waals surface area (Å²) in [5.74, 6) is 0. The summed E-state index contributed by atoms with van der Waals surface area (Å²) in [7, 11) is 1.71. The first-order chi connectivity index (χ1) is 8.63. The number of aromatic nitrogens is 1. The smallest absolute Gasteiger partial charge is 0.0932 e. The van der Waals surface area contributed by atoms with Crippen LogP contribution < -0.4 is 5.32 Å². The average Bonchev–Trinajstić information content (AvgIpc) is 2.72. The van der Waals surface area contributed by atoms with Crippen LogP contribution in [0.15, 0.2) is 5.51 Å². The van der Waals surface area contributed by atoms with Crippen molar-refractivity contribution in [3.05, 3.63) is 16.1 Å². The van der Waals surface area contributed by atoms with Crippen molar-refractivity contribution in [2.24, 2.45) is 0 Å². The third-order valence-electron chi connectivity index (χ3n) is 2.63. The molecule has 0 aliphatic heterocycles. The van der Waals surface area contributed by atoms with Crippen molar-refractivity contribution in [2.75, 3.05) is 26.9 Å². The minimum absolute atomic E-state index is 0.116. The van der Waals surface area contributed by atoms with Crippen LogP contribution in [0.5, 0.6) is 0 Å². The summed E-state index contributed by atoms with van der Waals surface area (Å²) in [4.78, 5) is 5.54. The van der Waals surface area contributed by atoms with Crippen molar-refractivity contribution < 1.29 is 9.47 Å². The van der Waals surface area contributed by atoms with Crippen molar-refractivity contribution in [1.82, 2.24) is 10.3 Å². The number of nitrogens with zero attached hydrogens (tertiary/aromatic N) is 1. The van der Waals surface area contributed by atoms with Gasteiger partial charge in [-0.2, -0.15) is 0 Å². The highest BCUT2D eigenvalue weighted by atomic mass is 32.1. The average molecular weight is 272 g/mol. The van der Waals surface area contributed by atoms with E-state index in [1.165, 1.54) is 4.88 Å². The highest BCUT2D eigenvalue weighted by Gasteiger charge is 2.10. The first-order valence-corrected chi connectivity index (χ1v) is 7.24. The molecule has 1 heterocycles. The fraction of sp³-hybridized carbons (Fsp3) is 0.769. The largest absolute Gasteiger partial charge is 0.382 e. The van der Waals surface area contributed by atoms with Gasteiger partial charge in [-0.15, -0.1) is 11.3 Å². The van der Waals surface area contributed by atoms with Gasteiger partial charge in [0.15, 0.2) is 0 Å². The minimum atomic E-state index is 0.116. The van der Waals surface area contributed by atoms with Crippen LogP contribution >= 0.6 is 11.3 Å². The molecule has 0 saturated carbocycles. The van der Waals surface area contributed by atoms with E-state index in [0.29, 0.717) is 12.6 Å². The third kappa shape index (κ3) is 5.91. The lowest BCUT2D eigenvalue weighted by Gasteiger charge is -2.19. The predicted octanol–water partition coefficient (Wildman–Crippen LogP) is 2.02. The van der Waals surface area contributed by atoms with E-state index in [-0.39, 0.29) is 6.10 Å². The maximum absolute atomic E-state index is 5.85. The van der Waals surface area contributed by atoms with Gasteiger partial charge in [-0.05, 0) is 6.92 Å². The van der Waals surface area contributed by atoms with Gasteiger partial charge >= 0.3 is 0 Å². The third-order valence-corrected chi connectivity index (χ3v) is 3.63. The lowest BCUT2D eigenvalue weighted by molar-refractivity contribution is -0.000335. The second-order valence-electron chi connectivity index (χ2n) is 4.62. The number of ether oxygens (including phenoxy) is 2. The number of rotatable bonds is 9. The molecule has 0 fully saturated rings. The summed E-state index contributed by atoms with van der Waals surface area (Å²) in [5, 5.41) is 3.37. The Bertz CT molecular complexity index is 329. The number of hydrogen-bond acceptors (Lipinski definition) is 5. The van der Waals surface area contributed by atoms with Crippen molar-refractivity contribution in [1.29, 1.82) is 0 Å². The molecule has 1 rings (SSSR count). The van der Waals surface area contributed by atoms with Crippen molar-refractivity contribution in [2.45, 2.75) is 39.3 Å². The maximum atomic E-state index is 5.85. The van der Waals surface area contributed by atoms with Gasteiger partial charge in [0.25, 0.3) is 0 Å². The molecule has 18 heavy (non-hydrogen) atoms. The van der Waals surface area contributed by atoms with Gasteiger partial charge in [0.2, 0.25) is 0 Å². The quantitative estimate of drug-likeness (QED) is 0.747. The van der Waals surface area contributed by atoms with Gasteiger partial charge in [-0.3, -0.25) is 0 Å². The second kappa shape index (κ2) is 8.58. The molecule has 1 unspecified atom stereocenters. The van der Waals surface area contributed by atoms with Crippen LogP contribution in [0, 0.1) is 6.92 Å². The summed E-state index contributed by atoms with van der Waals surface area (Å²) in [6.45, 7) is 8.47. The first-order valence-electron chi connectivity index (χ1n) is 6.36. The van der Waals surface area contributed by atoms with Gasteiger partial charge < -0.3 is 14.8 Å². The Morgan fingerprint density at radius 3 is 2.78 bits per heavy atom. The molecule has 4 nitrogen and oxygen atoms in total. The Morgan fingerprint density at radius 1 is 1.44 bits per heavy atom. The molecule has 0 bridgehead atoms. The molecule has 0 amide bonds. The Hall–Kier alpha value is -0.490. The molecule has 1 aromatic heterocycles. The van der Waals surface area contributed by atoms with Crippen molar-refractivity contribution >= 4 is 11.3 Å². The van der Waals surface area contributed by atoms with Gasteiger partial charge in [-0.1, -0.05) is 13.8 Å². The molecule has 104 valence electrons. The van der Waals surface area contributed by atoms with E-state index in [4.69, 9.17) is 9.47 Å². The fourth-order valence-corrected chi connectivity index (χ4v) is 2.37. The lowest BCUT2D eigenvalue weighted by Crippen LogP contribution is -2.36. The Kier molecular flexibility index (Phi) is 7.42. The Labute approximate surface area is 114 Å². The number of thiazole rings is 1. The molecule has 1 aromatic rings. The van der Waals surface area contributed by atoms with E-state index in [0.717, 1.165) is 25.3 Å². The standard InChI is InChI=1S/C13H24N2O2S/c1-10(2)14-7-12(8-16-4)17-6-5-13-11(3)15-9-18-13/h9-10,12,14H,5-8H2,1-4H3. The SMILES string of the molecule is COCC(CNC(C)C)OCCc1scnc1C.